The molecule has 0 saturated heterocycles. The molecule has 3 aromatic rings. The van der Waals surface area contributed by atoms with Crippen LogP contribution in [0.15, 0.2) is 54.9 Å². The van der Waals surface area contributed by atoms with Crippen LogP contribution in [-0.4, -0.2) is 15.9 Å². The fourth-order valence-corrected chi connectivity index (χ4v) is 1.95. The van der Waals surface area contributed by atoms with Crippen LogP contribution in [0.1, 0.15) is 10.4 Å². The molecule has 0 saturated carbocycles. The highest BCUT2D eigenvalue weighted by Gasteiger charge is 2.12. The van der Waals surface area contributed by atoms with E-state index in [0.29, 0.717) is 11.3 Å². The molecule has 2 heterocycles. The second-order valence-corrected chi connectivity index (χ2v) is 4.30. The Labute approximate surface area is 115 Å². The molecular weight excluding hydrogens is 252 g/mol. The Bertz CT molecular complexity index is 771. The lowest BCUT2D eigenvalue weighted by Gasteiger charge is -2.08. The highest BCUT2D eigenvalue weighted by molar-refractivity contribution is 6.09. The first-order valence-electron chi connectivity index (χ1n) is 6.11. The SMILES string of the molecule is Nc1nc2ccccc2cc1C(=O)Nc1ccncc1. The predicted octanol–water partition coefficient (Wildman–Crippen LogP) is 2.46. The zero-order valence-electron chi connectivity index (χ0n) is 10.6. The summed E-state index contributed by atoms with van der Waals surface area (Å²) in [5.74, 6) is -0.0674. The van der Waals surface area contributed by atoms with E-state index in [4.69, 9.17) is 5.73 Å². The van der Waals surface area contributed by atoms with Crippen molar-refractivity contribution in [3.63, 3.8) is 0 Å². The number of carbonyl (C=O) groups is 1. The molecule has 0 spiro atoms. The van der Waals surface area contributed by atoms with Crippen LogP contribution in [0.25, 0.3) is 10.9 Å². The van der Waals surface area contributed by atoms with E-state index >= 15 is 0 Å². The number of amides is 1. The Balaban J connectivity index is 1.97. The summed E-state index contributed by atoms with van der Waals surface area (Å²) in [7, 11) is 0. The fraction of sp³-hybridized carbons (Fsp3) is 0. The number of rotatable bonds is 2. The van der Waals surface area contributed by atoms with Gasteiger partial charge < -0.3 is 11.1 Å². The second-order valence-electron chi connectivity index (χ2n) is 4.30. The van der Waals surface area contributed by atoms with Gasteiger partial charge in [-0.05, 0) is 24.3 Å². The van der Waals surface area contributed by atoms with Crippen molar-refractivity contribution in [1.82, 2.24) is 9.97 Å². The highest BCUT2D eigenvalue weighted by Crippen LogP contribution is 2.19. The van der Waals surface area contributed by atoms with E-state index in [1.165, 1.54) is 0 Å². The molecule has 0 unspecified atom stereocenters. The van der Waals surface area contributed by atoms with Gasteiger partial charge in [-0.25, -0.2) is 4.98 Å². The van der Waals surface area contributed by atoms with Crippen molar-refractivity contribution in [2.45, 2.75) is 0 Å². The minimum absolute atomic E-state index is 0.218. The van der Waals surface area contributed by atoms with Crippen molar-refractivity contribution < 1.29 is 4.79 Å². The third-order valence-corrected chi connectivity index (χ3v) is 2.94. The first kappa shape index (κ1) is 12.1. The van der Waals surface area contributed by atoms with E-state index < -0.39 is 0 Å². The lowest BCUT2D eigenvalue weighted by Crippen LogP contribution is -2.15. The topological polar surface area (TPSA) is 80.9 Å². The van der Waals surface area contributed by atoms with E-state index in [2.05, 4.69) is 15.3 Å². The normalized spacial score (nSPS) is 10.4. The Kier molecular flexibility index (Phi) is 3.01. The van der Waals surface area contributed by atoms with Crippen LogP contribution in [0.5, 0.6) is 0 Å². The Morgan fingerprint density at radius 1 is 1.10 bits per heavy atom. The maximum atomic E-state index is 12.2. The molecule has 0 aliphatic carbocycles. The number of nitrogen functional groups attached to an aromatic ring is 1. The van der Waals surface area contributed by atoms with Crippen LogP contribution in [-0.2, 0) is 0 Å². The minimum atomic E-state index is -0.285. The molecule has 20 heavy (non-hydrogen) atoms. The summed E-state index contributed by atoms with van der Waals surface area (Å²) in [6.07, 6.45) is 3.22. The van der Waals surface area contributed by atoms with Gasteiger partial charge in [0.25, 0.3) is 5.91 Å². The van der Waals surface area contributed by atoms with Gasteiger partial charge in [-0.15, -0.1) is 0 Å². The molecular formula is C15H12N4O. The Hall–Kier alpha value is -2.95. The van der Waals surface area contributed by atoms with Crippen LogP contribution < -0.4 is 11.1 Å². The number of nitrogens with one attached hydrogen (secondary N) is 1. The fourth-order valence-electron chi connectivity index (χ4n) is 1.95. The van der Waals surface area contributed by atoms with E-state index in [1.807, 2.05) is 24.3 Å². The molecule has 0 bridgehead atoms. The molecule has 3 rings (SSSR count). The highest BCUT2D eigenvalue weighted by atomic mass is 16.1. The molecule has 0 fully saturated rings. The summed E-state index contributed by atoms with van der Waals surface area (Å²) in [6.45, 7) is 0. The summed E-state index contributed by atoms with van der Waals surface area (Å²) < 4.78 is 0. The maximum absolute atomic E-state index is 12.2. The number of hydrogen-bond acceptors (Lipinski definition) is 4. The maximum Gasteiger partial charge on any atom is 0.259 e. The van der Waals surface area contributed by atoms with Crippen molar-refractivity contribution in [2.24, 2.45) is 0 Å². The van der Waals surface area contributed by atoms with E-state index in [0.717, 1.165) is 10.9 Å². The molecule has 0 radical (unpaired) electrons. The molecule has 1 aromatic carbocycles. The smallest absolute Gasteiger partial charge is 0.259 e. The zero-order chi connectivity index (χ0) is 13.9. The molecule has 0 aliphatic rings. The number of nitrogens with two attached hydrogens (primary N) is 1. The van der Waals surface area contributed by atoms with Gasteiger partial charge in [0.2, 0.25) is 0 Å². The van der Waals surface area contributed by atoms with Crippen molar-refractivity contribution >= 4 is 28.3 Å². The van der Waals surface area contributed by atoms with Gasteiger partial charge in [-0.2, -0.15) is 0 Å². The summed E-state index contributed by atoms with van der Waals surface area (Å²) in [6, 6.07) is 12.7. The monoisotopic (exact) mass is 264 g/mol. The van der Waals surface area contributed by atoms with Crippen LogP contribution in [0.3, 0.4) is 0 Å². The lowest BCUT2D eigenvalue weighted by atomic mass is 10.1. The van der Waals surface area contributed by atoms with Gasteiger partial charge >= 0.3 is 0 Å². The van der Waals surface area contributed by atoms with Gasteiger partial charge in [0.05, 0.1) is 11.1 Å². The number of anilines is 2. The van der Waals surface area contributed by atoms with Gasteiger partial charge in [0, 0.05) is 23.5 Å². The van der Waals surface area contributed by atoms with E-state index in [9.17, 15) is 4.79 Å². The summed E-state index contributed by atoms with van der Waals surface area (Å²) in [5.41, 5.74) is 7.65. The molecule has 5 nitrogen and oxygen atoms in total. The predicted molar refractivity (Wildman–Crippen MR) is 78.3 cm³/mol. The summed E-state index contributed by atoms with van der Waals surface area (Å²) in [5, 5.41) is 3.64. The standard InChI is InChI=1S/C15H12N4O/c16-14-12(9-10-3-1-2-4-13(10)19-14)15(20)18-11-5-7-17-8-6-11/h1-9H,(H2,16,19)(H,17,18,20). The number of aromatic nitrogens is 2. The number of fused-ring (bicyclic) bond motifs is 1. The molecule has 98 valence electrons. The van der Waals surface area contributed by atoms with Crippen molar-refractivity contribution in [1.29, 1.82) is 0 Å². The Morgan fingerprint density at radius 2 is 1.85 bits per heavy atom. The summed E-state index contributed by atoms with van der Waals surface area (Å²) >= 11 is 0. The third-order valence-electron chi connectivity index (χ3n) is 2.94. The third kappa shape index (κ3) is 2.29. The molecule has 1 amide bonds. The van der Waals surface area contributed by atoms with Gasteiger partial charge in [0.15, 0.2) is 0 Å². The number of carbonyl (C=O) groups excluding carboxylic acids is 1. The van der Waals surface area contributed by atoms with Crippen LogP contribution in [0.4, 0.5) is 11.5 Å². The van der Waals surface area contributed by atoms with Crippen LogP contribution in [0, 0.1) is 0 Å². The number of benzene rings is 1. The number of nitrogens with zero attached hydrogens (tertiary/aromatic N) is 2. The molecule has 3 N–H and O–H groups in total. The number of pyridine rings is 2. The van der Waals surface area contributed by atoms with Gasteiger partial charge in [-0.3, -0.25) is 9.78 Å². The van der Waals surface area contributed by atoms with Crippen molar-refractivity contribution in [3.05, 3.63) is 60.4 Å². The van der Waals surface area contributed by atoms with E-state index in [1.54, 1.807) is 30.6 Å². The quantitative estimate of drug-likeness (QED) is 0.745. The average molecular weight is 264 g/mol. The van der Waals surface area contributed by atoms with E-state index in [-0.39, 0.29) is 11.7 Å². The van der Waals surface area contributed by atoms with Gasteiger partial charge in [-0.1, -0.05) is 18.2 Å². The number of para-hydroxylation sites is 1. The zero-order valence-corrected chi connectivity index (χ0v) is 10.6. The average Bonchev–Trinajstić information content (AvgIpc) is 2.47. The lowest BCUT2D eigenvalue weighted by molar-refractivity contribution is 0.102. The van der Waals surface area contributed by atoms with Crippen LogP contribution >= 0.6 is 0 Å². The second kappa shape index (κ2) is 4.97. The largest absolute Gasteiger partial charge is 0.383 e. The molecule has 0 atom stereocenters. The molecule has 0 aliphatic heterocycles. The first-order chi connectivity index (χ1) is 9.74. The van der Waals surface area contributed by atoms with Crippen LogP contribution in [0.2, 0.25) is 0 Å². The van der Waals surface area contributed by atoms with Crippen molar-refractivity contribution in [3.8, 4) is 0 Å². The van der Waals surface area contributed by atoms with Gasteiger partial charge in [0.1, 0.15) is 5.82 Å². The summed E-state index contributed by atoms with van der Waals surface area (Å²) in [4.78, 5) is 20.4. The minimum Gasteiger partial charge on any atom is -0.383 e. The molecule has 5 heteroatoms. The number of hydrogen-bond donors (Lipinski definition) is 2. The molecule has 2 aromatic heterocycles. The Morgan fingerprint density at radius 3 is 2.65 bits per heavy atom. The first-order valence-corrected chi connectivity index (χ1v) is 6.11. The van der Waals surface area contributed by atoms with Crippen molar-refractivity contribution in [2.75, 3.05) is 11.1 Å².